The lowest BCUT2D eigenvalue weighted by molar-refractivity contribution is -0.126. The van der Waals surface area contributed by atoms with Crippen molar-refractivity contribution < 1.29 is 9.59 Å². The van der Waals surface area contributed by atoms with Crippen molar-refractivity contribution in [3.05, 3.63) is 64.7 Å². The minimum absolute atomic E-state index is 0.0529. The van der Waals surface area contributed by atoms with Gasteiger partial charge in [-0.3, -0.25) is 9.59 Å². The van der Waals surface area contributed by atoms with E-state index in [1.807, 2.05) is 37.3 Å². The first-order chi connectivity index (χ1) is 12.0. The van der Waals surface area contributed by atoms with Crippen molar-refractivity contribution in [3.8, 4) is 0 Å². The van der Waals surface area contributed by atoms with E-state index < -0.39 is 5.92 Å². The van der Waals surface area contributed by atoms with Gasteiger partial charge in [-0.05, 0) is 36.8 Å². The number of amides is 2. The molecule has 1 aliphatic heterocycles. The number of hydrogen-bond acceptors (Lipinski definition) is 3. The number of benzene rings is 2. The number of hydrogen-bond donors (Lipinski definition) is 1. The van der Waals surface area contributed by atoms with E-state index in [0.717, 1.165) is 16.8 Å². The molecular weight excluding hydrogens is 338 g/mol. The first kappa shape index (κ1) is 17.2. The van der Waals surface area contributed by atoms with Gasteiger partial charge in [-0.25, -0.2) is 5.43 Å². The average molecular weight is 356 g/mol. The molecular formula is C19H18ClN3O2. The highest BCUT2D eigenvalue weighted by molar-refractivity contribution is 6.30. The molecule has 2 aromatic carbocycles. The van der Waals surface area contributed by atoms with Gasteiger partial charge >= 0.3 is 0 Å². The quantitative estimate of drug-likeness (QED) is 0.676. The molecule has 0 aromatic heterocycles. The molecule has 0 saturated carbocycles. The van der Waals surface area contributed by atoms with Crippen LogP contribution in [0.2, 0.25) is 5.02 Å². The molecule has 0 unspecified atom stereocenters. The maximum atomic E-state index is 12.2. The molecule has 0 spiro atoms. The van der Waals surface area contributed by atoms with Gasteiger partial charge in [-0.1, -0.05) is 41.4 Å². The number of hydrazone groups is 1. The Hall–Kier alpha value is -2.66. The minimum Gasteiger partial charge on any atom is -0.312 e. The van der Waals surface area contributed by atoms with Crippen LogP contribution >= 0.6 is 11.6 Å². The lowest BCUT2D eigenvalue weighted by atomic mass is 10.1. The first-order valence-electron chi connectivity index (χ1n) is 7.98. The molecule has 6 heteroatoms. The smallest absolute Gasteiger partial charge is 0.245 e. The maximum absolute atomic E-state index is 12.2. The Morgan fingerprint density at radius 3 is 2.76 bits per heavy atom. The third-order valence-electron chi connectivity index (χ3n) is 4.08. The number of nitrogens with zero attached hydrogens (tertiary/aromatic N) is 2. The van der Waals surface area contributed by atoms with Gasteiger partial charge in [0.05, 0.1) is 12.1 Å². The van der Waals surface area contributed by atoms with Crippen LogP contribution in [0, 0.1) is 12.8 Å². The summed E-state index contributed by atoms with van der Waals surface area (Å²) in [7, 11) is 0. The van der Waals surface area contributed by atoms with Crippen LogP contribution in [-0.4, -0.2) is 24.6 Å². The van der Waals surface area contributed by atoms with Crippen LogP contribution in [-0.2, 0) is 9.59 Å². The van der Waals surface area contributed by atoms with Crippen LogP contribution in [0.4, 0.5) is 5.69 Å². The van der Waals surface area contributed by atoms with E-state index in [-0.39, 0.29) is 18.2 Å². The Balaban J connectivity index is 1.60. The largest absolute Gasteiger partial charge is 0.312 e. The molecule has 1 saturated heterocycles. The highest BCUT2D eigenvalue weighted by Crippen LogP contribution is 2.25. The van der Waals surface area contributed by atoms with Gasteiger partial charge in [-0.15, -0.1) is 0 Å². The lowest BCUT2D eigenvalue weighted by Gasteiger charge is -2.16. The first-order valence-corrected chi connectivity index (χ1v) is 8.36. The van der Waals surface area contributed by atoms with Crippen molar-refractivity contribution in [2.75, 3.05) is 11.4 Å². The van der Waals surface area contributed by atoms with Crippen molar-refractivity contribution in [1.82, 2.24) is 5.43 Å². The van der Waals surface area contributed by atoms with Crippen molar-refractivity contribution in [2.45, 2.75) is 13.3 Å². The lowest BCUT2D eigenvalue weighted by Crippen LogP contribution is -2.30. The molecule has 1 aliphatic rings. The predicted molar refractivity (Wildman–Crippen MR) is 98.8 cm³/mol. The van der Waals surface area contributed by atoms with Gasteiger partial charge in [-0.2, -0.15) is 5.10 Å². The molecule has 5 nitrogen and oxygen atoms in total. The van der Waals surface area contributed by atoms with E-state index in [2.05, 4.69) is 10.5 Å². The van der Waals surface area contributed by atoms with Crippen molar-refractivity contribution >= 4 is 35.3 Å². The third-order valence-corrected chi connectivity index (χ3v) is 4.31. The molecule has 0 bridgehead atoms. The summed E-state index contributed by atoms with van der Waals surface area (Å²) in [6, 6.07) is 14.8. The van der Waals surface area contributed by atoms with Crippen LogP contribution in [0.1, 0.15) is 17.5 Å². The Morgan fingerprint density at radius 2 is 2.04 bits per heavy atom. The van der Waals surface area contributed by atoms with Gasteiger partial charge in [0.25, 0.3) is 0 Å². The number of anilines is 1. The van der Waals surface area contributed by atoms with E-state index in [9.17, 15) is 9.59 Å². The Kier molecular flexibility index (Phi) is 5.14. The fraction of sp³-hybridized carbons (Fsp3) is 0.211. The highest BCUT2D eigenvalue weighted by Gasteiger charge is 2.35. The van der Waals surface area contributed by atoms with Crippen LogP contribution in [0.15, 0.2) is 53.6 Å². The molecule has 2 amide bonds. The molecule has 0 aliphatic carbocycles. The Labute approximate surface area is 151 Å². The summed E-state index contributed by atoms with van der Waals surface area (Å²) in [6.07, 6.45) is 1.71. The number of halogens is 1. The molecule has 0 radical (unpaired) electrons. The van der Waals surface area contributed by atoms with E-state index in [0.29, 0.717) is 11.6 Å². The maximum Gasteiger partial charge on any atom is 0.245 e. The second-order valence-corrected chi connectivity index (χ2v) is 6.47. The Bertz CT molecular complexity index is 818. The molecule has 1 heterocycles. The minimum atomic E-state index is -0.412. The van der Waals surface area contributed by atoms with E-state index >= 15 is 0 Å². The second kappa shape index (κ2) is 7.49. The molecule has 2 aromatic rings. The molecule has 1 fully saturated rings. The normalized spacial score (nSPS) is 17.3. The zero-order valence-electron chi connectivity index (χ0n) is 13.8. The SMILES string of the molecule is Cc1ccc(N2C[C@H](C(=O)N/N=C/c3cccc(Cl)c3)CC2=O)cc1. The fourth-order valence-corrected chi connectivity index (χ4v) is 2.90. The summed E-state index contributed by atoms with van der Waals surface area (Å²) in [4.78, 5) is 26.1. The van der Waals surface area contributed by atoms with Gasteiger partial charge in [0.15, 0.2) is 0 Å². The number of carbonyl (C=O) groups is 2. The molecule has 1 N–H and O–H groups in total. The topological polar surface area (TPSA) is 61.8 Å². The summed E-state index contributed by atoms with van der Waals surface area (Å²) in [6.45, 7) is 2.35. The number of nitrogens with one attached hydrogen (secondary N) is 1. The van der Waals surface area contributed by atoms with E-state index in [1.54, 1.807) is 23.1 Å². The molecule has 1 atom stereocenters. The van der Waals surface area contributed by atoms with Crippen LogP contribution < -0.4 is 10.3 Å². The van der Waals surface area contributed by atoms with Crippen LogP contribution in [0.5, 0.6) is 0 Å². The molecule has 128 valence electrons. The van der Waals surface area contributed by atoms with E-state index in [1.165, 1.54) is 6.21 Å². The van der Waals surface area contributed by atoms with Crippen molar-refractivity contribution in [3.63, 3.8) is 0 Å². The monoisotopic (exact) mass is 355 g/mol. The summed E-state index contributed by atoms with van der Waals surface area (Å²) in [5.41, 5.74) is 5.23. The average Bonchev–Trinajstić information content (AvgIpc) is 2.97. The summed E-state index contributed by atoms with van der Waals surface area (Å²) in [5, 5.41) is 4.55. The number of aryl methyl sites for hydroxylation is 1. The van der Waals surface area contributed by atoms with Gasteiger partial charge < -0.3 is 4.90 Å². The summed E-state index contributed by atoms with van der Waals surface area (Å²) >= 11 is 5.90. The molecule has 25 heavy (non-hydrogen) atoms. The van der Waals surface area contributed by atoms with Crippen LogP contribution in [0.25, 0.3) is 0 Å². The fourth-order valence-electron chi connectivity index (χ4n) is 2.71. The van der Waals surface area contributed by atoms with Crippen molar-refractivity contribution in [2.24, 2.45) is 11.0 Å². The van der Waals surface area contributed by atoms with E-state index in [4.69, 9.17) is 11.6 Å². The van der Waals surface area contributed by atoms with Crippen molar-refractivity contribution in [1.29, 1.82) is 0 Å². The second-order valence-electron chi connectivity index (χ2n) is 6.03. The number of rotatable bonds is 4. The summed E-state index contributed by atoms with van der Waals surface area (Å²) in [5.74, 6) is -0.727. The number of carbonyl (C=O) groups excluding carboxylic acids is 2. The zero-order chi connectivity index (χ0) is 17.8. The van der Waals surface area contributed by atoms with Crippen LogP contribution in [0.3, 0.4) is 0 Å². The third kappa shape index (κ3) is 4.25. The predicted octanol–water partition coefficient (Wildman–Crippen LogP) is 3.15. The molecule has 3 rings (SSSR count). The standard InChI is InChI=1S/C19H18ClN3O2/c1-13-5-7-17(8-6-13)23-12-15(10-18(23)24)19(25)22-21-11-14-3-2-4-16(20)9-14/h2-9,11,15H,10,12H2,1H3,(H,22,25)/b21-11+/t15-/m1/s1. The summed E-state index contributed by atoms with van der Waals surface area (Å²) < 4.78 is 0. The zero-order valence-corrected chi connectivity index (χ0v) is 14.5. The van der Waals surface area contributed by atoms with Gasteiger partial charge in [0, 0.05) is 23.7 Å². The Morgan fingerprint density at radius 1 is 1.28 bits per heavy atom. The van der Waals surface area contributed by atoms with Gasteiger partial charge in [0.2, 0.25) is 11.8 Å². The highest BCUT2D eigenvalue weighted by atomic mass is 35.5. The van der Waals surface area contributed by atoms with Gasteiger partial charge in [0.1, 0.15) is 0 Å².